The van der Waals surface area contributed by atoms with Crippen molar-refractivity contribution >= 4 is 23.3 Å². The van der Waals surface area contributed by atoms with Crippen LogP contribution in [-0.2, 0) is 0 Å². The summed E-state index contributed by atoms with van der Waals surface area (Å²) < 4.78 is 0.102. The lowest BCUT2D eigenvalue weighted by Gasteiger charge is -2.23. The SMILES string of the molecule is CC1=CC(C)(C)SC(/N=C/N(C)C)=N1. The Balaban J connectivity index is 2.78. The predicted molar refractivity (Wildman–Crippen MR) is 65.0 cm³/mol. The largest absolute Gasteiger partial charge is 0.369 e. The summed E-state index contributed by atoms with van der Waals surface area (Å²) in [4.78, 5) is 10.6. The average molecular weight is 211 g/mol. The van der Waals surface area contributed by atoms with Gasteiger partial charge in [-0.2, -0.15) is 0 Å². The van der Waals surface area contributed by atoms with E-state index in [0.717, 1.165) is 10.9 Å². The Hall–Kier alpha value is -0.770. The summed E-state index contributed by atoms with van der Waals surface area (Å²) in [6.45, 7) is 6.34. The van der Waals surface area contributed by atoms with Crippen LogP contribution in [0.4, 0.5) is 0 Å². The van der Waals surface area contributed by atoms with Crippen LogP contribution in [0.2, 0.25) is 0 Å². The first kappa shape index (κ1) is 11.3. The van der Waals surface area contributed by atoms with Crippen LogP contribution in [0.3, 0.4) is 0 Å². The molecule has 0 bridgehead atoms. The summed E-state index contributed by atoms with van der Waals surface area (Å²) in [6.07, 6.45) is 3.94. The maximum atomic E-state index is 4.37. The molecule has 0 aliphatic carbocycles. The normalized spacial score (nSPS) is 20.6. The van der Waals surface area contributed by atoms with Crippen LogP contribution in [0.1, 0.15) is 20.8 Å². The quantitative estimate of drug-likeness (QED) is 0.492. The number of nitrogens with zero attached hydrogens (tertiary/aromatic N) is 3. The summed E-state index contributed by atoms with van der Waals surface area (Å²) in [6, 6.07) is 0. The molecule has 0 spiro atoms. The van der Waals surface area contributed by atoms with E-state index in [2.05, 4.69) is 29.9 Å². The number of allylic oxidation sites excluding steroid dienone is 1. The first-order valence-electron chi connectivity index (χ1n) is 4.57. The lowest BCUT2D eigenvalue weighted by Crippen LogP contribution is -2.18. The molecule has 0 N–H and O–H groups in total. The zero-order valence-electron chi connectivity index (χ0n) is 9.40. The molecule has 0 radical (unpaired) electrons. The minimum Gasteiger partial charge on any atom is -0.369 e. The van der Waals surface area contributed by atoms with E-state index in [0.29, 0.717) is 0 Å². The number of rotatable bonds is 1. The molecule has 1 aliphatic rings. The first-order valence-corrected chi connectivity index (χ1v) is 5.38. The Kier molecular flexibility index (Phi) is 3.37. The summed E-state index contributed by atoms with van der Waals surface area (Å²) in [5.74, 6) is 0. The maximum absolute atomic E-state index is 4.37. The molecule has 1 aliphatic heterocycles. The Morgan fingerprint density at radius 1 is 1.50 bits per heavy atom. The molecule has 1 heterocycles. The molecule has 0 aromatic heterocycles. The van der Waals surface area contributed by atoms with Crippen LogP contribution in [0.25, 0.3) is 0 Å². The van der Waals surface area contributed by atoms with Gasteiger partial charge in [-0.15, -0.1) is 0 Å². The summed E-state index contributed by atoms with van der Waals surface area (Å²) in [7, 11) is 3.90. The monoisotopic (exact) mass is 211 g/mol. The van der Waals surface area contributed by atoms with E-state index in [9.17, 15) is 0 Å². The topological polar surface area (TPSA) is 28.0 Å². The van der Waals surface area contributed by atoms with Crippen molar-refractivity contribution in [2.24, 2.45) is 9.98 Å². The smallest absolute Gasteiger partial charge is 0.189 e. The highest BCUT2D eigenvalue weighted by molar-refractivity contribution is 8.15. The minimum absolute atomic E-state index is 0.102. The summed E-state index contributed by atoms with van der Waals surface area (Å²) >= 11 is 1.68. The minimum atomic E-state index is 0.102. The van der Waals surface area contributed by atoms with Gasteiger partial charge in [0.05, 0.1) is 6.34 Å². The Morgan fingerprint density at radius 2 is 2.14 bits per heavy atom. The van der Waals surface area contributed by atoms with Crippen molar-refractivity contribution in [2.75, 3.05) is 14.1 Å². The fraction of sp³-hybridized carbons (Fsp3) is 0.600. The third-order valence-corrected chi connectivity index (χ3v) is 2.61. The van der Waals surface area contributed by atoms with Crippen LogP contribution in [0.5, 0.6) is 0 Å². The number of thioether (sulfide) groups is 1. The van der Waals surface area contributed by atoms with Gasteiger partial charge in [0.25, 0.3) is 0 Å². The van der Waals surface area contributed by atoms with Gasteiger partial charge in [0.2, 0.25) is 0 Å². The van der Waals surface area contributed by atoms with Crippen LogP contribution in [-0.4, -0.2) is 35.2 Å². The lowest BCUT2D eigenvalue weighted by molar-refractivity contribution is 0.644. The van der Waals surface area contributed by atoms with E-state index in [1.165, 1.54) is 0 Å². The molecule has 0 amide bonds. The molecule has 0 unspecified atom stereocenters. The van der Waals surface area contributed by atoms with E-state index in [4.69, 9.17) is 0 Å². The Labute approximate surface area is 90.0 Å². The molecular weight excluding hydrogens is 194 g/mol. The van der Waals surface area contributed by atoms with Crippen LogP contribution < -0.4 is 0 Å². The zero-order chi connectivity index (χ0) is 10.8. The van der Waals surface area contributed by atoms with Crippen LogP contribution in [0, 0.1) is 0 Å². The van der Waals surface area contributed by atoms with Crippen molar-refractivity contribution in [3.63, 3.8) is 0 Å². The second-order valence-electron chi connectivity index (χ2n) is 4.09. The molecule has 0 atom stereocenters. The van der Waals surface area contributed by atoms with E-state index in [1.807, 2.05) is 25.9 Å². The van der Waals surface area contributed by atoms with Crippen molar-refractivity contribution in [3.05, 3.63) is 11.8 Å². The first-order chi connectivity index (χ1) is 6.39. The van der Waals surface area contributed by atoms with Gasteiger partial charge < -0.3 is 4.90 Å². The highest BCUT2D eigenvalue weighted by atomic mass is 32.2. The molecular formula is C10H17N3S. The second kappa shape index (κ2) is 4.17. The van der Waals surface area contributed by atoms with Gasteiger partial charge in [-0.05, 0) is 26.8 Å². The van der Waals surface area contributed by atoms with Crippen molar-refractivity contribution < 1.29 is 0 Å². The Morgan fingerprint density at radius 3 is 2.64 bits per heavy atom. The van der Waals surface area contributed by atoms with Crippen molar-refractivity contribution in [3.8, 4) is 0 Å². The number of hydrogen-bond acceptors (Lipinski definition) is 3. The van der Waals surface area contributed by atoms with Gasteiger partial charge in [-0.25, -0.2) is 9.98 Å². The molecule has 78 valence electrons. The van der Waals surface area contributed by atoms with Crippen molar-refractivity contribution in [1.29, 1.82) is 0 Å². The molecule has 0 saturated heterocycles. The van der Waals surface area contributed by atoms with E-state index in [1.54, 1.807) is 18.1 Å². The lowest BCUT2D eigenvalue weighted by atomic mass is 10.2. The van der Waals surface area contributed by atoms with E-state index >= 15 is 0 Å². The van der Waals surface area contributed by atoms with E-state index < -0.39 is 0 Å². The molecule has 1 rings (SSSR count). The number of hydrogen-bond donors (Lipinski definition) is 0. The average Bonchev–Trinajstić information content (AvgIpc) is 1.96. The number of amidine groups is 1. The molecule has 14 heavy (non-hydrogen) atoms. The van der Waals surface area contributed by atoms with Gasteiger partial charge in [0.1, 0.15) is 0 Å². The third-order valence-electron chi connectivity index (χ3n) is 1.58. The standard InChI is InChI=1S/C10H17N3S/c1-8-6-10(2,3)14-9(12-8)11-7-13(4)5/h6-7H,1-5H3/b11-7+. The fourth-order valence-corrected chi connectivity index (χ4v) is 2.18. The van der Waals surface area contributed by atoms with E-state index in [-0.39, 0.29) is 4.75 Å². The molecule has 0 saturated carbocycles. The number of aliphatic imine (C=N–C) groups is 2. The van der Waals surface area contributed by atoms with Crippen molar-refractivity contribution in [1.82, 2.24) is 4.90 Å². The van der Waals surface area contributed by atoms with Gasteiger partial charge >= 0.3 is 0 Å². The highest BCUT2D eigenvalue weighted by Crippen LogP contribution is 2.33. The third kappa shape index (κ3) is 3.54. The van der Waals surface area contributed by atoms with Crippen LogP contribution >= 0.6 is 11.8 Å². The molecule has 4 heteroatoms. The molecule has 3 nitrogen and oxygen atoms in total. The van der Waals surface area contributed by atoms with Gasteiger partial charge in [0.15, 0.2) is 5.17 Å². The highest BCUT2D eigenvalue weighted by Gasteiger charge is 2.22. The molecule has 0 aromatic carbocycles. The second-order valence-corrected chi connectivity index (χ2v) is 5.72. The molecule has 0 aromatic rings. The fourth-order valence-electron chi connectivity index (χ4n) is 1.19. The zero-order valence-corrected chi connectivity index (χ0v) is 10.2. The van der Waals surface area contributed by atoms with Gasteiger partial charge in [-0.3, -0.25) is 0 Å². The van der Waals surface area contributed by atoms with Gasteiger partial charge in [-0.1, -0.05) is 11.8 Å². The molecule has 0 fully saturated rings. The summed E-state index contributed by atoms with van der Waals surface area (Å²) in [5, 5.41) is 0.837. The summed E-state index contributed by atoms with van der Waals surface area (Å²) in [5.41, 5.74) is 1.04. The predicted octanol–water partition coefficient (Wildman–Crippen LogP) is 2.36. The maximum Gasteiger partial charge on any atom is 0.189 e. The van der Waals surface area contributed by atoms with Gasteiger partial charge in [0, 0.05) is 24.5 Å². The van der Waals surface area contributed by atoms with Crippen molar-refractivity contribution in [2.45, 2.75) is 25.5 Å². The Bertz CT molecular complexity index is 300. The van der Waals surface area contributed by atoms with Crippen LogP contribution in [0.15, 0.2) is 21.8 Å².